The van der Waals surface area contributed by atoms with Gasteiger partial charge in [-0.1, -0.05) is 30.2 Å². The first-order chi connectivity index (χ1) is 12.5. The Morgan fingerprint density at radius 3 is 2.65 bits per heavy atom. The minimum Gasteiger partial charge on any atom is -0.465 e. The molecule has 0 saturated heterocycles. The summed E-state index contributed by atoms with van der Waals surface area (Å²) in [6.45, 7) is 1.65. The second-order valence-corrected chi connectivity index (χ2v) is 7.67. The van der Waals surface area contributed by atoms with Gasteiger partial charge in [-0.15, -0.1) is 0 Å². The van der Waals surface area contributed by atoms with Crippen molar-refractivity contribution < 1.29 is 9.90 Å². The second-order valence-electron chi connectivity index (χ2n) is 7.24. The number of halogens is 1. The van der Waals surface area contributed by atoms with Crippen molar-refractivity contribution in [1.29, 1.82) is 0 Å². The first-order valence-corrected chi connectivity index (χ1v) is 9.45. The van der Waals surface area contributed by atoms with Gasteiger partial charge in [0.15, 0.2) is 0 Å². The molecule has 4 rings (SSSR count). The molecule has 2 aromatic rings. The Bertz CT molecular complexity index is 813. The van der Waals surface area contributed by atoms with Crippen molar-refractivity contribution in [2.24, 2.45) is 5.73 Å². The minimum atomic E-state index is -0.880. The number of carbonyl (C=O) groups is 1. The van der Waals surface area contributed by atoms with E-state index < -0.39 is 6.09 Å². The van der Waals surface area contributed by atoms with Crippen LogP contribution in [0.15, 0.2) is 30.5 Å². The van der Waals surface area contributed by atoms with Gasteiger partial charge in [0, 0.05) is 29.7 Å². The molecule has 1 fully saturated rings. The lowest BCUT2D eigenvalue weighted by atomic mass is 9.58. The van der Waals surface area contributed by atoms with Gasteiger partial charge >= 0.3 is 6.09 Å². The van der Waals surface area contributed by atoms with Gasteiger partial charge in [-0.3, -0.25) is 9.58 Å². The number of aromatic nitrogens is 2. The van der Waals surface area contributed by atoms with Crippen LogP contribution in [0.25, 0.3) is 0 Å². The summed E-state index contributed by atoms with van der Waals surface area (Å²) >= 11 is 6.07. The molecule has 1 saturated carbocycles. The lowest BCUT2D eigenvalue weighted by molar-refractivity contribution is 0.0490. The molecule has 7 heteroatoms. The molecule has 2 aliphatic rings. The number of fused-ring (bicyclic) bond motifs is 1. The molecule has 0 bridgehead atoms. The van der Waals surface area contributed by atoms with Crippen LogP contribution in [0.4, 0.5) is 4.79 Å². The van der Waals surface area contributed by atoms with Gasteiger partial charge in [0.1, 0.15) is 0 Å². The average molecular weight is 375 g/mol. The topological polar surface area (TPSA) is 84.4 Å². The zero-order valence-electron chi connectivity index (χ0n) is 14.6. The average Bonchev–Trinajstić information content (AvgIpc) is 2.98. The van der Waals surface area contributed by atoms with Crippen LogP contribution in [0.3, 0.4) is 0 Å². The maximum Gasteiger partial charge on any atom is 0.407 e. The Hall–Kier alpha value is -2.05. The SMILES string of the molecule is NCCn1cc2c(n1)C(C1(c3ccc(Cl)cc3)CCC1)N(C(=O)O)CC2. The molecule has 1 aliphatic heterocycles. The number of rotatable bonds is 4. The van der Waals surface area contributed by atoms with Gasteiger partial charge in [0.2, 0.25) is 0 Å². The van der Waals surface area contributed by atoms with Crippen LogP contribution in [0, 0.1) is 0 Å². The van der Waals surface area contributed by atoms with Crippen molar-refractivity contribution in [3.63, 3.8) is 0 Å². The van der Waals surface area contributed by atoms with E-state index in [-0.39, 0.29) is 11.5 Å². The predicted octanol–water partition coefficient (Wildman–Crippen LogP) is 3.19. The molecule has 1 aliphatic carbocycles. The summed E-state index contributed by atoms with van der Waals surface area (Å²) in [5, 5.41) is 15.3. The number of benzene rings is 1. The van der Waals surface area contributed by atoms with Gasteiger partial charge in [0.05, 0.1) is 18.3 Å². The third-order valence-corrected chi connectivity index (χ3v) is 6.11. The van der Waals surface area contributed by atoms with E-state index in [9.17, 15) is 9.90 Å². The van der Waals surface area contributed by atoms with Crippen LogP contribution < -0.4 is 5.73 Å². The quantitative estimate of drug-likeness (QED) is 0.860. The van der Waals surface area contributed by atoms with E-state index in [0.717, 1.165) is 36.1 Å². The van der Waals surface area contributed by atoms with Crippen LogP contribution in [-0.2, 0) is 18.4 Å². The zero-order valence-corrected chi connectivity index (χ0v) is 15.3. The fourth-order valence-electron chi connectivity index (χ4n) is 4.49. The molecule has 1 aromatic heterocycles. The molecule has 0 spiro atoms. The third-order valence-electron chi connectivity index (χ3n) is 5.85. The van der Waals surface area contributed by atoms with E-state index in [1.54, 1.807) is 4.90 Å². The molecule has 1 aromatic carbocycles. The lowest BCUT2D eigenvalue weighted by Crippen LogP contribution is -2.52. The molecule has 2 heterocycles. The van der Waals surface area contributed by atoms with Crippen LogP contribution in [0.2, 0.25) is 5.02 Å². The maximum absolute atomic E-state index is 12.0. The number of amides is 1. The molecule has 1 unspecified atom stereocenters. The fraction of sp³-hybridized carbons (Fsp3) is 0.474. The van der Waals surface area contributed by atoms with Gasteiger partial charge < -0.3 is 10.8 Å². The summed E-state index contributed by atoms with van der Waals surface area (Å²) in [5.74, 6) is 0. The summed E-state index contributed by atoms with van der Waals surface area (Å²) in [5.41, 5.74) is 8.62. The monoisotopic (exact) mass is 374 g/mol. The van der Waals surface area contributed by atoms with Crippen molar-refractivity contribution in [3.8, 4) is 0 Å². The Kier molecular flexibility index (Phi) is 4.40. The van der Waals surface area contributed by atoms with Gasteiger partial charge in [0.25, 0.3) is 0 Å². The number of hydrogen-bond acceptors (Lipinski definition) is 3. The van der Waals surface area contributed by atoms with E-state index in [1.165, 1.54) is 0 Å². The molecule has 3 N–H and O–H groups in total. The van der Waals surface area contributed by atoms with E-state index in [2.05, 4.69) is 0 Å². The summed E-state index contributed by atoms with van der Waals surface area (Å²) in [7, 11) is 0. The summed E-state index contributed by atoms with van der Waals surface area (Å²) in [6, 6.07) is 7.58. The van der Waals surface area contributed by atoms with Crippen LogP contribution >= 0.6 is 11.6 Å². The Morgan fingerprint density at radius 2 is 2.08 bits per heavy atom. The van der Waals surface area contributed by atoms with Crippen molar-refractivity contribution in [2.75, 3.05) is 13.1 Å². The van der Waals surface area contributed by atoms with Crippen LogP contribution in [0.5, 0.6) is 0 Å². The van der Waals surface area contributed by atoms with Gasteiger partial charge in [-0.05, 0) is 42.5 Å². The van der Waals surface area contributed by atoms with Gasteiger partial charge in [-0.25, -0.2) is 4.79 Å². The van der Waals surface area contributed by atoms with Crippen LogP contribution in [0.1, 0.15) is 42.1 Å². The predicted molar refractivity (Wildman–Crippen MR) is 99.4 cm³/mol. The Labute approximate surface area is 157 Å². The van der Waals surface area contributed by atoms with Crippen molar-refractivity contribution in [2.45, 2.75) is 43.7 Å². The Balaban J connectivity index is 1.82. The molecule has 26 heavy (non-hydrogen) atoms. The van der Waals surface area contributed by atoms with Crippen molar-refractivity contribution >= 4 is 17.7 Å². The highest BCUT2D eigenvalue weighted by Gasteiger charge is 2.52. The molecular weight excluding hydrogens is 352 g/mol. The second kappa shape index (κ2) is 6.59. The van der Waals surface area contributed by atoms with Crippen molar-refractivity contribution in [3.05, 3.63) is 52.3 Å². The molecule has 6 nitrogen and oxygen atoms in total. The number of hydrogen-bond donors (Lipinski definition) is 2. The largest absolute Gasteiger partial charge is 0.465 e. The molecular formula is C19H23ClN4O2. The Morgan fingerprint density at radius 1 is 1.35 bits per heavy atom. The number of carboxylic acid groups (broad SMARTS) is 1. The zero-order chi connectivity index (χ0) is 18.3. The first-order valence-electron chi connectivity index (χ1n) is 9.07. The summed E-state index contributed by atoms with van der Waals surface area (Å²) in [4.78, 5) is 13.6. The highest BCUT2D eigenvalue weighted by Crippen LogP contribution is 2.55. The lowest BCUT2D eigenvalue weighted by Gasteiger charge is -2.52. The first kappa shape index (κ1) is 17.4. The van der Waals surface area contributed by atoms with E-state index in [1.807, 2.05) is 35.1 Å². The summed E-state index contributed by atoms with van der Waals surface area (Å²) in [6.07, 6.45) is 4.83. The minimum absolute atomic E-state index is 0.236. The van der Waals surface area contributed by atoms with E-state index >= 15 is 0 Å². The van der Waals surface area contributed by atoms with E-state index in [0.29, 0.717) is 31.1 Å². The van der Waals surface area contributed by atoms with E-state index in [4.69, 9.17) is 22.4 Å². The molecule has 1 atom stereocenters. The standard InChI is InChI=1S/C19H23ClN4O2/c20-15-4-2-14(3-5-15)19(7-1-8-19)17-16-13(6-10-24(17)18(25)26)12-23(22-16)11-9-21/h2-5,12,17H,1,6-11,21H2,(H,25,26). The maximum atomic E-state index is 12.0. The molecule has 1 amide bonds. The number of nitrogens with zero attached hydrogens (tertiary/aromatic N) is 3. The van der Waals surface area contributed by atoms with Crippen molar-refractivity contribution in [1.82, 2.24) is 14.7 Å². The smallest absolute Gasteiger partial charge is 0.407 e. The molecule has 138 valence electrons. The fourth-order valence-corrected chi connectivity index (χ4v) is 4.62. The highest BCUT2D eigenvalue weighted by atomic mass is 35.5. The number of nitrogens with two attached hydrogens (primary N) is 1. The van der Waals surface area contributed by atoms with Crippen LogP contribution in [-0.4, -0.2) is 39.0 Å². The molecule has 0 radical (unpaired) electrons. The highest BCUT2D eigenvalue weighted by molar-refractivity contribution is 6.30. The van der Waals surface area contributed by atoms with Gasteiger partial charge in [-0.2, -0.15) is 5.10 Å². The summed E-state index contributed by atoms with van der Waals surface area (Å²) < 4.78 is 1.86. The normalized spacial score (nSPS) is 21.2. The third kappa shape index (κ3) is 2.68.